The molecule has 0 heterocycles. The van der Waals surface area contributed by atoms with Crippen LogP contribution in [0.1, 0.15) is 45.4 Å². The van der Waals surface area contributed by atoms with Crippen LogP contribution in [0.25, 0.3) is 0 Å². The molecule has 0 saturated heterocycles. The average molecular weight is 248 g/mol. The maximum absolute atomic E-state index is 12.2. The average Bonchev–Trinajstić information content (AvgIpc) is 2.30. The van der Waals surface area contributed by atoms with Crippen LogP contribution >= 0.6 is 0 Å². The Morgan fingerprint density at radius 2 is 1.88 bits per heavy atom. The van der Waals surface area contributed by atoms with E-state index in [1.165, 1.54) is 7.11 Å². The van der Waals surface area contributed by atoms with E-state index in [0.29, 0.717) is 19.3 Å². The summed E-state index contributed by atoms with van der Waals surface area (Å²) >= 11 is 0. The highest BCUT2D eigenvalue weighted by molar-refractivity contribution is 7.93. The fourth-order valence-electron chi connectivity index (χ4n) is 2.29. The first kappa shape index (κ1) is 13.5. The predicted molar refractivity (Wildman–Crippen MR) is 61.9 cm³/mol. The van der Waals surface area contributed by atoms with Crippen LogP contribution in [0.2, 0.25) is 0 Å². The third kappa shape index (κ3) is 2.75. The molecular formula is C11H20O4S. The maximum atomic E-state index is 12.2. The molecule has 1 fully saturated rings. The Kier molecular flexibility index (Phi) is 4.77. The van der Waals surface area contributed by atoms with Crippen molar-refractivity contribution in [3.8, 4) is 0 Å². The van der Waals surface area contributed by atoms with Gasteiger partial charge < -0.3 is 4.74 Å². The van der Waals surface area contributed by atoms with Gasteiger partial charge in [0.1, 0.15) is 0 Å². The van der Waals surface area contributed by atoms with Crippen LogP contribution < -0.4 is 0 Å². The number of rotatable bonds is 4. The van der Waals surface area contributed by atoms with Crippen molar-refractivity contribution in [3.63, 3.8) is 0 Å². The van der Waals surface area contributed by atoms with Crippen molar-refractivity contribution in [1.82, 2.24) is 0 Å². The van der Waals surface area contributed by atoms with E-state index in [0.717, 1.165) is 19.3 Å². The van der Waals surface area contributed by atoms with Crippen molar-refractivity contribution in [2.24, 2.45) is 0 Å². The molecule has 1 rings (SSSR count). The molecule has 5 heteroatoms. The fourth-order valence-corrected chi connectivity index (χ4v) is 4.57. The van der Waals surface area contributed by atoms with E-state index in [4.69, 9.17) is 0 Å². The van der Waals surface area contributed by atoms with Gasteiger partial charge in [-0.2, -0.15) is 0 Å². The molecule has 0 aliphatic heterocycles. The van der Waals surface area contributed by atoms with Gasteiger partial charge in [0.05, 0.1) is 12.4 Å². The number of carbonyl (C=O) groups excluding carboxylic acids is 1. The Labute approximate surface area is 97.3 Å². The van der Waals surface area contributed by atoms with E-state index in [1.54, 1.807) is 6.92 Å². The van der Waals surface area contributed by atoms with E-state index in [1.807, 2.05) is 0 Å². The van der Waals surface area contributed by atoms with Gasteiger partial charge in [-0.1, -0.05) is 26.2 Å². The largest absolute Gasteiger partial charge is 0.468 e. The Morgan fingerprint density at radius 1 is 1.31 bits per heavy atom. The number of sulfone groups is 1. The van der Waals surface area contributed by atoms with Crippen LogP contribution in [-0.2, 0) is 19.4 Å². The minimum atomic E-state index is -3.36. The molecule has 1 aliphatic rings. The molecule has 1 saturated carbocycles. The number of hydrogen-bond donors (Lipinski definition) is 0. The number of carbonyl (C=O) groups is 1. The quantitative estimate of drug-likeness (QED) is 0.710. The van der Waals surface area contributed by atoms with Gasteiger partial charge in [0.15, 0.2) is 15.1 Å². The summed E-state index contributed by atoms with van der Waals surface area (Å²) in [6, 6.07) is 0. The number of hydrogen-bond acceptors (Lipinski definition) is 4. The molecule has 94 valence electrons. The Morgan fingerprint density at radius 3 is 2.31 bits per heavy atom. The van der Waals surface area contributed by atoms with Gasteiger partial charge in [0, 0.05) is 0 Å². The van der Waals surface area contributed by atoms with E-state index in [-0.39, 0.29) is 5.25 Å². The van der Waals surface area contributed by atoms with Crippen molar-refractivity contribution in [3.05, 3.63) is 0 Å². The molecule has 0 radical (unpaired) electrons. The van der Waals surface area contributed by atoms with Crippen LogP contribution in [0.3, 0.4) is 0 Å². The fraction of sp³-hybridized carbons (Fsp3) is 0.909. The van der Waals surface area contributed by atoms with Crippen molar-refractivity contribution in [1.29, 1.82) is 0 Å². The summed E-state index contributed by atoms with van der Waals surface area (Å²) in [4.78, 5) is 11.4. The molecule has 0 N–H and O–H groups in total. The van der Waals surface area contributed by atoms with Gasteiger partial charge >= 0.3 is 5.97 Å². The van der Waals surface area contributed by atoms with E-state index in [2.05, 4.69) is 4.74 Å². The molecule has 1 atom stereocenters. The highest BCUT2D eigenvalue weighted by atomic mass is 32.2. The molecule has 0 bridgehead atoms. The molecule has 0 spiro atoms. The molecular weight excluding hydrogens is 228 g/mol. The summed E-state index contributed by atoms with van der Waals surface area (Å²) < 4.78 is 29.0. The second-order valence-electron chi connectivity index (χ2n) is 4.27. The van der Waals surface area contributed by atoms with Crippen molar-refractivity contribution >= 4 is 15.8 Å². The zero-order valence-electron chi connectivity index (χ0n) is 9.94. The summed E-state index contributed by atoms with van der Waals surface area (Å²) in [5.74, 6) is -0.618. The van der Waals surface area contributed by atoms with E-state index >= 15 is 0 Å². The van der Waals surface area contributed by atoms with Gasteiger partial charge in [-0.25, -0.2) is 8.42 Å². The first-order chi connectivity index (χ1) is 7.54. The van der Waals surface area contributed by atoms with Gasteiger partial charge in [-0.3, -0.25) is 4.79 Å². The topological polar surface area (TPSA) is 60.4 Å². The Hall–Kier alpha value is -0.580. The lowest BCUT2D eigenvalue weighted by Gasteiger charge is -2.25. The molecule has 4 nitrogen and oxygen atoms in total. The van der Waals surface area contributed by atoms with Crippen molar-refractivity contribution < 1.29 is 17.9 Å². The van der Waals surface area contributed by atoms with Crippen LogP contribution in [0.4, 0.5) is 0 Å². The lowest BCUT2D eigenvalue weighted by Crippen LogP contribution is -2.38. The zero-order chi connectivity index (χ0) is 12.2. The molecule has 0 amide bonds. The monoisotopic (exact) mass is 248 g/mol. The first-order valence-corrected chi connectivity index (χ1v) is 7.45. The van der Waals surface area contributed by atoms with Gasteiger partial charge in [0.25, 0.3) is 0 Å². The van der Waals surface area contributed by atoms with Gasteiger partial charge in [-0.05, 0) is 19.3 Å². The third-order valence-electron chi connectivity index (χ3n) is 3.25. The van der Waals surface area contributed by atoms with Crippen LogP contribution in [0.5, 0.6) is 0 Å². The second-order valence-corrected chi connectivity index (χ2v) is 6.68. The molecule has 0 aromatic rings. The predicted octanol–water partition coefficient (Wildman–Crippen LogP) is 1.69. The van der Waals surface area contributed by atoms with Crippen molar-refractivity contribution in [2.45, 2.75) is 55.9 Å². The van der Waals surface area contributed by atoms with E-state index < -0.39 is 21.1 Å². The van der Waals surface area contributed by atoms with Crippen molar-refractivity contribution in [2.75, 3.05) is 7.11 Å². The SMILES string of the molecule is CCC(C(=O)OC)S(=O)(=O)C1CCCCC1. The normalized spacial score (nSPS) is 20.4. The number of ether oxygens (including phenoxy) is 1. The van der Waals surface area contributed by atoms with Gasteiger partial charge in [-0.15, -0.1) is 0 Å². The summed E-state index contributed by atoms with van der Waals surface area (Å²) in [7, 11) is -2.12. The minimum absolute atomic E-state index is 0.297. The van der Waals surface area contributed by atoms with Crippen LogP contribution in [0, 0.1) is 0 Å². The van der Waals surface area contributed by atoms with Crippen LogP contribution in [0.15, 0.2) is 0 Å². The minimum Gasteiger partial charge on any atom is -0.468 e. The zero-order valence-corrected chi connectivity index (χ0v) is 10.8. The summed E-state index contributed by atoms with van der Waals surface area (Å²) in [5.41, 5.74) is 0. The van der Waals surface area contributed by atoms with Gasteiger partial charge in [0.2, 0.25) is 0 Å². The smallest absolute Gasteiger partial charge is 0.324 e. The third-order valence-corrected chi connectivity index (χ3v) is 5.97. The second kappa shape index (κ2) is 5.66. The number of esters is 1. The Balaban J connectivity index is 2.84. The molecule has 0 aromatic carbocycles. The first-order valence-electron chi connectivity index (χ1n) is 5.84. The summed E-state index contributed by atoms with van der Waals surface area (Å²) in [6.07, 6.45) is 4.67. The highest BCUT2D eigenvalue weighted by Crippen LogP contribution is 2.27. The highest BCUT2D eigenvalue weighted by Gasteiger charge is 2.38. The number of methoxy groups -OCH3 is 1. The Bertz CT molecular complexity index is 328. The molecule has 0 aromatic heterocycles. The molecule has 16 heavy (non-hydrogen) atoms. The lowest BCUT2D eigenvalue weighted by atomic mass is 10.0. The molecule has 1 unspecified atom stereocenters. The maximum Gasteiger partial charge on any atom is 0.324 e. The summed E-state index contributed by atoms with van der Waals surface area (Å²) in [6.45, 7) is 1.71. The molecule has 1 aliphatic carbocycles. The summed E-state index contributed by atoms with van der Waals surface area (Å²) in [5, 5.41) is -1.31. The van der Waals surface area contributed by atoms with Crippen LogP contribution in [-0.4, -0.2) is 32.0 Å². The van der Waals surface area contributed by atoms with E-state index in [9.17, 15) is 13.2 Å². The standard InChI is InChI=1S/C11H20O4S/c1-3-10(11(12)15-2)16(13,14)9-7-5-4-6-8-9/h9-10H,3-8H2,1-2H3. The lowest BCUT2D eigenvalue weighted by molar-refractivity contribution is -0.140.